The minimum atomic E-state index is 0.474. The fraction of sp³-hybridized carbons (Fsp3) is 0.333. The standard InChI is InChI=1S/C15H17Br2NOS/c1-10(2)18-7-12-5-13(16)15(14(17)6-12)19-8-11-3-4-20-9-11/h3-6,9-10,18H,7-8H2,1-2H3. The molecule has 1 heterocycles. The zero-order chi connectivity index (χ0) is 14.5. The van der Waals surface area contributed by atoms with Crippen LogP contribution in [-0.4, -0.2) is 6.04 Å². The molecule has 2 nitrogen and oxygen atoms in total. The van der Waals surface area contributed by atoms with Gasteiger partial charge in [-0.25, -0.2) is 0 Å². The van der Waals surface area contributed by atoms with E-state index in [0.29, 0.717) is 12.6 Å². The van der Waals surface area contributed by atoms with Crippen molar-refractivity contribution in [2.24, 2.45) is 0 Å². The molecule has 20 heavy (non-hydrogen) atoms. The highest BCUT2D eigenvalue weighted by Crippen LogP contribution is 2.35. The topological polar surface area (TPSA) is 21.3 Å². The summed E-state index contributed by atoms with van der Waals surface area (Å²) in [5.41, 5.74) is 2.42. The summed E-state index contributed by atoms with van der Waals surface area (Å²) in [5, 5.41) is 7.57. The maximum Gasteiger partial charge on any atom is 0.148 e. The van der Waals surface area contributed by atoms with E-state index in [2.05, 4.69) is 80.0 Å². The summed E-state index contributed by atoms with van der Waals surface area (Å²) in [6.07, 6.45) is 0. The Morgan fingerprint density at radius 3 is 2.45 bits per heavy atom. The van der Waals surface area contributed by atoms with Crippen LogP contribution in [0, 0.1) is 0 Å². The lowest BCUT2D eigenvalue weighted by atomic mass is 10.2. The lowest BCUT2D eigenvalue weighted by Gasteiger charge is -2.13. The molecule has 0 radical (unpaired) electrons. The minimum Gasteiger partial charge on any atom is -0.487 e. The Bertz CT molecular complexity index is 532. The molecule has 2 aromatic rings. The van der Waals surface area contributed by atoms with Crippen molar-refractivity contribution < 1.29 is 4.74 Å². The smallest absolute Gasteiger partial charge is 0.148 e. The van der Waals surface area contributed by atoms with E-state index in [1.807, 2.05) is 0 Å². The number of rotatable bonds is 6. The lowest BCUT2D eigenvalue weighted by Crippen LogP contribution is -2.21. The van der Waals surface area contributed by atoms with Gasteiger partial charge in [0.2, 0.25) is 0 Å². The Labute approximate surface area is 140 Å². The Morgan fingerprint density at radius 2 is 1.90 bits per heavy atom. The van der Waals surface area contributed by atoms with Gasteiger partial charge in [0.05, 0.1) is 8.95 Å². The second-order valence-corrected chi connectivity index (χ2v) is 7.33. The Balaban J connectivity index is 2.06. The first kappa shape index (κ1) is 16.0. The van der Waals surface area contributed by atoms with E-state index in [-0.39, 0.29) is 0 Å². The number of thiophene rings is 1. The molecule has 0 aliphatic carbocycles. The van der Waals surface area contributed by atoms with Crippen LogP contribution in [0.4, 0.5) is 0 Å². The van der Waals surface area contributed by atoms with Crippen LogP contribution in [0.2, 0.25) is 0 Å². The van der Waals surface area contributed by atoms with Gasteiger partial charge in [-0.2, -0.15) is 11.3 Å². The van der Waals surface area contributed by atoms with Gasteiger partial charge in [0, 0.05) is 12.6 Å². The molecule has 0 unspecified atom stereocenters. The molecule has 0 saturated heterocycles. The molecule has 0 aliphatic heterocycles. The van der Waals surface area contributed by atoms with Gasteiger partial charge in [-0.05, 0) is 71.9 Å². The quantitative estimate of drug-likeness (QED) is 0.682. The van der Waals surface area contributed by atoms with Crippen LogP contribution in [0.1, 0.15) is 25.0 Å². The molecule has 0 fully saturated rings. The Hall–Kier alpha value is -0.360. The predicted molar refractivity (Wildman–Crippen MR) is 92.5 cm³/mol. The highest BCUT2D eigenvalue weighted by molar-refractivity contribution is 9.11. The van der Waals surface area contributed by atoms with Crippen LogP contribution in [0.3, 0.4) is 0 Å². The highest BCUT2D eigenvalue weighted by Gasteiger charge is 2.10. The molecule has 1 aromatic carbocycles. The van der Waals surface area contributed by atoms with Gasteiger partial charge >= 0.3 is 0 Å². The second-order valence-electron chi connectivity index (χ2n) is 4.84. The Kier molecular flexibility index (Phi) is 6.08. The van der Waals surface area contributed by atoms with E-state index < -0.39 is 0 Å². The van der Waals surface area contributed by atoms with Gasteiger partial charge in [-0.1, -0.05) is 13.8 Å². The molecule has 0 saturated carbocycles. The molecule has 1 aromatic heterocycles. The monoisotopic (exact) mass is 417 g/mol. The fourth-order valence-electron chi connectivity index (χ4n) is 1.70. The van der Waals surface area contributed by atoms with Gasteiger partial charge in [0.1, 0.15) is 12.4 Å². The lowest BCUT2D eigenvalue weighted by molar-refractivity contribution is 0.302. The highest BCUT2D eigenvalue weighted by atomic mass is 79.9. The maximum absolute atomic E-state index is 5.89. The van der Waals surface area contributed by atoms with Crippen molar-refractivity contribution in [2.75, 3.05) is 0 Å². The van der Waals surface area contributed by atoms with Crippen LogP contribution in [-0.2, 0) is 13.2 Å². The van der Waals surface area contributed by atoms with E-state index in [0.717, 1.165) is 21.2 Å². The van der Waals surface area contributed by atoms with Gasteiger partial charge in [-0.3, -0.25) is 0 Å². The summed E-state index contributed by atoms with van der Waals surface area (Å²) >= 11 is 8.86. The fourth-order valence-corrected chi connectivity index (χ4v) is 3.87. The van der Waals surface area contributed by atoms with Crippen LogP contribution in [0.15, 0.2) is 37.9 Å². The van der Waals surface area contributed by atoms with Gasteiger partial charge in [0.15, 0.2) is 0 Å². The Morgan fingerprint density at radius 1 is 1.20 bits per heavy atom. The molecule has 0 aliphatic rings. The molecule has 5 heteroatoms. The summed E-state index contributed by atoms with van der Waals surface area (Å²) in [5.74, 6) is 0.851. The van der Waals surface area contributed by atoms with Crippen molar-refractivity contribution in [2.45, 2.75) is 33.0 Å². The molecule has 0 amide bonds. The summed E-state index contributed by atoms with van der Waals surface area (Å²) in [7, 11) is 0. The van der Waals surface area contributed by atoms with Crippen LogP contribution in [0.25, 0.3) is 0 Å². The first-order valence-electron chi connectivity index (χ1n) is 6.41. The first-order valence-corrected chi connectivity index (χ1v) is 8.94. The number of benzene rings is 1. The normalized spacial score (nSPS) is 11.1. The second kappa shape index (κ2) is 7.59. The summed E-state index contributed by atoms with van der Waals surface area (Å²) in [4.78, 5) is 0. The van der Waals surface area contributed by atoms with Crippen LogP contribution < -0.4 is 10.1 Å². The zero-order valence-corrected chi connectivity index (χ0v) is 15.4. The third kappa shape index (κ3) is 4.58. The molecule has 108 valence electrons. The number of ether oxygens (including phenoxy) is 1. The number of hydrogen-bond acceptors (Lipinski definition) is 3. The molecular formula is C15H17Br2NOS. The van der Waals surface area contributed by atoms with Crippen molar-refractivity contribution in [3.8, 4) is 5.75 Å². The maximum atomic E-state index is 5.89. The summed E-state index contributed by atoms with van der Waals surface area (Å²) in [6.45, 7) is 5.72. The number of hydrogen-bond donors (Lipinski definition) is 1. The average molecular weight is 419 g/mol. The van der Waals surface area contributed by atoms with Crippen molar-refractivity contribution in [3.05, 3.63) is 49.0 Å². The summed E-state index contributed by atoms with van der Waals surface area (Å²) < 4.78 is 7.83. The largest absolute Gasteiger partial charge is 0.487 e. The van der Waals surface area contributed by atoms with E-state index in [1.165, 1.54) is 11.1 Å². The van der Waals surface area contributed by atoms with E-state index in [9.17, 15) is 0 Å². The van der Waals surface area contributed by atoms with Crippen molar-refractivity contribution in [1.29, 1.82) is 0 Å². The van der Waals surface area contributed by atoms with Gasteiger partial charge < -0.3 is 10.1 Å². The SMILES string of the molecule is CC(C)NCc1cc(Br)c(OCc2ccsc2)c(Br)c1. The molecular weight excluding hydrogens is 402 g/mol. The zero-order valence-electron chi connectivity index (χ0n) is 11.5. The third-order valence-corrected chi connectivity index (χ3v) is 4.65. The van der Waals surface area contributed by atoms with E-state index in [4.69, 9.17) is 4.74 Å². The number of nitrogens with one attached hydrogen (secondary N) is 1. The predicted octanol–water partition coefficient (Wildman–Crippen LogP) is 5.35. The van der Waals surface area contributed by atoms with Crippen LogP contribution in [0.5, 0.6) is 5.75 Å². The third-order valence-electron chi connectivity index (χ3n) is 2.74. The minimum absolute atomic E-state index is 0.474. The van der Waals surface area contributed by atoms with Gasteiger partial charge in [-0.15, -0.1) is 0 Å². The molecule has 0 spiro atoms. The average Bonchev–Trinajstić information content (AvgIpc) is 2.88. The summed E-state index contributed by atoms with van der Waals surface area (Å²) in [6, 6.07) is 6.75. The first-order chi connectivity index (χ1) is 9.56. The van der Waals surface area contributed by atoms with Crippen molar-refractivity contribution in [1.82, 2.24) is 5.32 Å². The van der Waals surface area contributed by atoms with Crippen LogP contribution >= 0.6 is 43.2 Å². The van der Waals surface area contributed by atoms with Crippen molar-refractivity contribution in [3.63, 3.8) is 0 Å². The van der Waals surface area contributed by atoms with E-state index in [1.54, 1.807) is 11.3 Å². The number of halogens is 2. The van der Waals surface area contributed by atoms with Gasteiger partial charge in [0.25, 0.3) is 0 Å². The van der Waals surface area contributed by atoms with Crippen molar-refractivity contribution >= 4 is 43.2 Å². The molecule has 1 N–H and O–H groups in total. The molecule has 0 atom stereocenters. The van der Waals surface area contributed by atoms with E-state index >= 15 is 0 Å². The molecule has 0 bridgehead atoms. The molecule has 2 rings (SSSR count).